The van der Waals surface area contributed by atoms with Crippen LogP contribution in [0.2, 0.25) is 0 Å². The van der Waals surface area contributed by atoms with Crippen LogP contribution in [0, 0.1) is 0 Å². The zero-order valence-corrected chi connectivity index (χ0v) is 18.2. The average Bonchev–Trinajstić information content (AvgIpc) is 2.72. The lowest BCUT2D eigenvalue weighted by molar-refractivity contribution is -0.133. The predicted molar refractivity (Wildman–Crippen MR) is 116 cm³/mol. The van der Waals surface area contributed by atoms with E-state index in [-0.39, 0.29) is 12.5 Å². The number of nitrogens with zero attached hydrogens (tertiary/aromatic N) is 2. The molecule has 0 saturated carbocycles. The first-order chi connectivity index (χ1) is 13.5. The molecule has 1 fully saturated rings. The van der Waals surface area contributed by atoms with E-state index >= 15 is 0 Å². The van der Waals surface area contributed by atoms with E-state index in [1.807, 2.05) is 35.2 Å². The Hall–Kier alpha value is -2.21. The Kier molecular flexibility index (Phi) is 6.83. The van der Waals surface area contributed by atoms with Crippen molar-refractivity contribution in [2.24, 2.45) is 0 Å². The third-order valence-electron chi connectivity index (χ3n) is 5.03. The molecule has 1 saturated heterocycles. The van der Waals surface area contributed by atoms with E-state index in [0.717, 1.165) is 29.0 Å². The zero-order valence-electron chi connectivity index (χ0n) is 16.7. The number of amides is 1. The monoisotopic (exact) mass is 446 g/mol. The van der Waals surface area contributed by atoms with Crippen molar-refractivity contribution in [3.05, 3.63) is 52.5 Å². The smallest absolute Gasteiger partial charge is 0.260 e. The number of halogens is 1. The Bertz CT molecular complexity index is 817. The molecule has 0 aliphatic carbocycles. The normalized spacial score (nSPS) is 14.3. The van der Waals surface area contributed by atoms with Crippen molar-refractivity contribution in [2.75, 3.05) is 44.8 Å². The van der Waals surface area contributed by atoms with Gasteiger partial charge in [-0.1, -0.05) is 32.0 Å². The third kappa shape index (κ3) is 4.79. The summed E-state index contributed by atoms with van der Waals surface area (Å²) in [6, 6.07) is 14.0. The molecule has 0 spiro atoms. The maximum atomic E-state index is 12.6. The van der Waals surface area contributed by atoms with Gasteiger partial charge in [-0.05, 0) is 51.7 Å². The summed E-state index contributed by atoms with van der Waals surface area (Å²) in [5, 5.41) is 0. The molecule has 150 valence electrons. The number of hydrogen-bond donors (Lipinski definition) is 0. The van der Waals surface area contributed by atoms with Gasteiger partial charge >= 0.3 is 0 Å². The Labute approximate surface area is 175 Å². The molecule has 0 aromatic heterocycles. The third-order valence-corrected chi connectivity index (χ3v) is 5.65. The highest BCUT2D eigenvalue weighted by Gasteiger charge is 2.23. The van der Waals surface area contributed by atoms with Gasteiger partial charge < -0.3 is 19.3 Å². The van der Waals surface area contributed by atoms with Crippen LogP contribution in [0.1, 0.15) is 25.3 Å². The molecule has 1 aliphatic heterocycles. The van der Waals surface area contributed by atoms with Crippen LogP contribution in [-0.4, -0.2) is 50.7 Å². The molecule has 0 unspecified atom stereocenters. The van der Waals surface area contributed by atoms with Gasteiger partial charge in [0.25, 0.3) is 5.91 Å². The van der Waals surface area contributed by atoms with E-state index in [4.69, 9.17) is 9.47 Å². The molecular weight excluding hydrogens is 420 g/mol. The molecule has 0 atom stereocenters. The Morgan fingerprint density at radius 3 is 2.43 bits per heavy atom. The first-order valence-corrected chi connectivity index (χ1v) is 10.4. The van der Waals surface area contributed by atoms with Crippen LogP contribution < -0.4 is 14.4 Å². The van der Waals surface area contributed by atoms with E-state index in [1.165, 1.54) is 5.56 Å². The summed E-state index contributed by atoms with van der Waals surface area (Å²) in [4.78, 5) is 16.7. The number of methoxy groups -OCH3 is 1. The summed E-state index contributed by atoms with van der Waals surface area (Å²) < 4.78 is 12.1. The van der Waals surface area contributed by atoms with Gasteiger partial charge in [-0.2, -0.15) is 0 Å². The number of para-hydroxylation sites is 2. The maximum Gasteiger partial charge on any atom is 0.260 e. The molecule has 6 heteroatoms. The zero-order chi connectivity index (χ0) is 20.1. The molecular formula is C22H27BrN2O3. The highest BCUT2D eigenvalue weighted by Crippen LogP contribution is 2.30. The minimum absolute atomic E-state index is 0.0134. The van der Waals surface area contributed by atoms with Gasteiger partial charge in [0, 0.05) is 26.2 Å². The summed E-state index contributed by atoms with van der Waals surface area (Å²) in [5.41, 5.74) is 2.31. The van der Waals surface area contributed by atoms with Crippen molar-refractivity contribution in [2.45, 2.75) is 19.8 Å². The Morgan fingerprint density at radius 1 is 1.07 bits per heavy atom. The van der Waals surface area contributed by atoms with Crippen molar-refractivity contribution in [1.82, 2.24) is 4.90 Å². The minimum atomic E-state index is 0.0134. The fourth-order valence-electron chi connectivity index (χ4n) is 3.31. The number of benzene rings is 2. The van der Waals surface area contributed by atoms with Gasteiger partial charge in [0.1, 0.15) is 11.5 Å². The molecule has 3 rings (SSSR count). The molecule has 1 aliphatic rings. The average molecular weight is 447 g/mol. The number of hydrogen-bond acceptors (Lipinski definition) is 4. The van der Waals surface area contributed by atoms with Crippen molar-refractivity contribution in [3.63, 3.8) is 0 Å². The van der Waals surface area contributed by atoms with Gasteiger partial charge in [-0.3, -0.25) is 4.79 Å². The second kappa shape index (κ2) is 9.32. The first kappa shape index (κ1) is 20.5. The van der Waals surface area contributed by atoms with Crippen LogP contribution in [0.15, 0.2) is 46.9 Å². The second-order valence-electron chi connectivity index (χ2n) is 7.17. The van der Waals surface area contributed by atoms with Crippen LogP contribution in [0.5, 0.6) is 11.5 Å². The molecule has 0 bridgehead atoms. The Morgan fingerprint density at radius 2 is 1.79 bits per heavy atom. The van der Waals surface area contributed by atoms with E-state index in [2.05, 4.69) is 46.8 Å². The molecule has 5 nitrogen and oxygen atoms in total. The standard InChI is InChI=1S/C22H27BrN2O3/c1-16(2)17-8-9-20(18(23)14-17)28-15-22(26)25-12-10-24(11-13-25)19-6-4-5-7-21(19)27-3/h4-9,14,16H,10-13,15H2,1-3H3. The molecule has 1 amide bonds. The number of carbonyl (C=O) groups excluding carboxylic acids is 1. The second-order valence-corrected chi connectivity index (χ2v) is 8.03. The predicted octanol–water partition coefficient (Wildman–Crippen LogP) is 4.31. The number of anilines is 1. The molecule has 1 heterocycles. The van der Waals surface area contributed by atoms with Crippen molar-refractivity contribution >= 4 is 27.5 Å². The molecule has 2 aromatic rings. The van der Waals surface area contributed by atoms with Crippen molar-refractivity contribution < 1.29 is 14.3 Å². The first-order valence-electron chi connectivity index (χ1n) is 9.57. The number of rotatable bonds is 6. The fraction of sp³-hybridized carbons (Fsp3) is 0.409. The van der Waals surface area contributed by atoms with Gasteiger partial charge in [-0.25, -0.2) is 0 Å². The van der Waals surface area contributed by atoms with E-state index in [0.29, 0.717) is 24.8 Å². The summed E-state index contributed by atoms with van der Waals surface area (Å²) in [6.07, 6.45) is 0. The maximum absolute atomic E-state index is 12.6. The molecule has 0 N–H and O–H groups in total. The fourth-order valence-corrected chi connectivity index (χ4v) is 3.82. The summed E-state index contributed by atoms with van der Waals surface area (Å²) in [5.74, 6) is 2.02. The molecule has 28 heavy (non-hydrogen) atoms. The van der Waals surface area contributed by atoms with Crippen LogP contribution in [0.4, 0.5) is 5.69 Å². The highest BCUT2D eigenvalue weighted by molar-refractivity contribution is 9.10. The van der Waals surface area contributed by atoms with Crippen molar-refractivity contribution in [3.8, 4) is 11.5 Å². The van der Waals surface area contributed by atoms with E-state index in [1.54, 1.807) is 7.11 Å². The minimum Gasteiger partial charge on any atom is -0.495 e. The Balaban J connectivity index is 1.53. The molecule has 0 radical (unpaired) electrons. The van der Waals surface area contributed by atoms with Gasteiger partial charge in [0.05, 0.1) is 17.3 Å². The topological polar surface area (TPSA) is 42.0 Å². The summed E-state index contributed by atoms with van der Waals surface area (Å²) in [6.45, 7) is 7.25. The molecule has 2 aromatic carbocycles. The van der Waals surface area contributed by atoms with Crippen LogP contribution in [0.25, 0.3) is 0 Å². The quantitative estimate of drug-likeness (QED) is 0.662. The van der Waals surface area contributed by atoms with E-state index in [9.17, 15) is 4.79 Å². The van der Waals surface area contributed by atoms with Crippen LogP contribution >= 0.6 is 15.9 Å². The lowest BCUT2D eigenvalue weighted by Crippen LogP contribution is -2.50. The lowest BCUT2D eigenvalue weighted by Gasteiger charge is -2.36. The van der Waals surface area contributed by atoms with E-state index < -0.39 is 0 Å². The number of carbonyl (C=O) groups is 1. The lowest BCUT2D eigenvalue weighted by atomic mass is 10.0. The highest BCUT2D eigenvalue weighted by atomic mass is 79.9. The van der Waals surface area contributed by atoms with Gasteiger partial charge in [0.2, 0.25) is 0 Å². The number of ether oxygens (including phenoxy) is 2. The summed E-state index contributed by atoms with van der Waals surface area (Å²) in [7, 11) is 1.68. The van der Waals surface area contributed by atoms with Crippen LogP contribution in [0.3, 0.4) is 0 Å². The summed E-state index contributed by atoms with van der Waals surface area (Å²) >= 11 is 3.54. The van der Waals surface area contributed by atoms with Gasteiger partial charge in [-0.15, -0.1) is 0 Å². The van der Waals surface area contributed by atoms with Crippen molar-refractivity contribution in [1.29, 1.82) is 0 Å². The SMILES string of the molecule is COc1ccccc1N1CCN(C(=O)COc2ccc(C(C)C)cc2Br)CC1. The largest absolute Gasteiger partial charge is 0.495 e. The number of piperazine rings is 1. The van der Waals surface area contributed by atoms with Crippen LogP contribution in [-0.2, 0) is 4.79 Å². The van der Waals surface area contributed by atoms with Gasteiger partial charge in [0.15, 0.2) is 6.61 Å².